The quantitative estimate of drug-likeness (QED) is 0.688. The predicted octanol–water partition coefficient (Wildman–Crippen LogP) is 2.36. The first-order valence-corrected chi connectivity index (χ1v) is 7.92. The Morgan fingerprint density at radius 3 is 2.57 bits per heavy atom. The number of carbonyl (C=O) groups excluding carboxylic acids is 2. The van der Waals surface area contributed by atoms with Gasteiger partial charge in [-0.05, 0) is 46.6 Å². The third-order valence-corrected chi connectivity index (χ3v) is 3.29. The molecule has 0 spiro atoms. The molecule has 23 heavy (non-hydrogen) atoms. The SMILES string of the molecule is O=C(CNC(=O)c1ccc(Br)o1)NCCCOc1ccccc1. The van der Waals surface area contributed by atoms with Gasteiger partial charge in [0.2, 0.25) is 5.91 Å². The van der Waals surface area contributed by atoms with Crippen LogP contribution >= 0.6 is 15.9 Å². The molecule has 0 atom stereocenters. The number of halogens is 1. The summed E-state index contributed by atoms with van der Waals surface area (Å²) < 4.78 is 11.1. The molecule has 0 unspecified atom stereocenters. The van der Waals surface area contributed by atoms with E-state index in [-0.39, 0.29) is 18.2 Å². The van der Waals surface area contributed by atoms with E-state index in [4.69, 9.17) is 9.15 Å². The fourth-order valence-electron chi connectivity index (χ4n) is 1.75. The summed E-state index contributed by atoms with van der Waals surface area (Å²) in [5.41, 5.74) is 0. The second-order valence-electron chi connectivity index (χ2n) is 4.65. The molecule has 0 aliphatic carbocycles. The van der Waals surface area contributed by atoms with Crippen molar-refractivity contribution >= 4 is 27.7 Å². The zero-order chi connectivity index (χ0) is 16.5. The van der Waals surface area contributed by atoms with Crippen LogP contribution in [0.4, 0.5) is 0 Å². The van der Waals surface area contributed by atoms with Crippen molar-refractivity contribution in [1.29, 1.82) is 0 Å². The maximum Gasteiger partial charge on any atom is 0.287 e. The van der Waals surface area contributed by atoms with E-state index in [1.165, 1.54) is 6.07 Å². The van der Waals surface area contributed by atoms with Crippen LogP contribution in [0.25, 0.3) is 0 Å². The topological polar surface area (TPSA) is 80.6 Å². The summed E-state index contributed by atoms with van der Waals surface area (Å²) in [7, 11) is 0. The van der Waals surface area contributed by atoms with Crippen molar-refractivity contribution in [3.05, 3.63) is 52.9 Å². The molecular formula is C16H17BrN2O4. The highest BCUT2D eigenvalue weighted by molar-refractivity contribution is 9.10. The van der Waals surface area contributed by atoms with Crippen LogP contribution in [0.2, 0.25) is 0 Å². The van der Waals surface area contributed by atoms with E-state index in [1.807, 2.05) is 30.3 Å². The van der Waals surface area contributed by atoms with Crippen LogP contribution in [0.1, 0.15) is 17.0 Å². The van der Waals surface area contributed by atoms with Crippen molar-refractivity contribution in [3.8, 4) is 5.75 Å². The first-order chi connectivity index (χ1) is 11.1. The van der Waals surface area contributed by atoms with Crippen molar-refractivity contribution < 1.29 is 18.7 Å². The molecule has 2 amide bonds. The Kier molecular flexibility index (Phi) is 6.68. The Morgan fingerprint density at radius 1 is 1.09 bits per heavy atom. The minimum Gasteiger partial charge on any atom is -0.494 e. The van der Waals surface area contributed by atoms with Gasteiger partial charge in [-0.15, -0.1) is 0 Å². The minimum atomic E-state index is -0.432. The van der Waals surface area contributed by atoms with Crippen LogP contribution in [-0.2, 0) is 4.79 Å². The van der Waals surface area contributed by atoms with Gasteiger partial charge in [-0.1, -0.05) is 18.2 Å². The molecule has 2 N–H and O–H groups in total. The number of para-hydroxylation sites is 1. The number of benzene rings is 1. The van der Waals surface area contributed by atoms with Crippen LogP contribution in [0.3, 0.4) is 0 Å². The molecule has 0 saturated carbocycles. The number of nitrogens with one attached hydrogen (secondary N) is 2. The van der Waals surface area contributed by atoms with Gasteiger partial charge in [0.15, 0.2) is 10.4 Å². The van der Waals surface area contributed by atoms with Gasteiger partial charge in [-0.25, -0.2) is 0 Å². The van der Waals surface area contributed by atoms with Gasteiger partial charge in [0, 0.05) is 6.54 Å². The number of furan rings is 1. The van der Waals surface area contributed by atoms with E-state index in [2.05, 4.69) is 26.6 Å². The molecule has 0 aliphatic rings. The van der Waals surface area contributed by atoms with E-state index in [0.29, 0.717) is 24.2 Å². The van der Waals surface area contributed by atoms with E-state index < -0.39 is 5.91 Å². The lowest BCUT2D eigenvalue weighted by molar-refractivity contribution is -0.120. The number of rotatable bonds is 8. The Bertz CT molecular complexity index is 643. The molecule has 0 saturated heterocycles. The predicted molar refractivity (Wildman–Crippen MR) is 88.3 cm³/mol. The Hall–Kier alpha value is -2.28. The number of hydrogen-bond donors (Lipinski definition) is 2. The molecular weight excluding hydrogens is 364 g/mol. The van der Waals surface area contributed by atoms with E-state index >= 15 is 0 Å². The lowest BCUT2D eigenvalue weighted by Gasteiger charge is -2.07. The van der Waals surface area contributed by atoms with Crippen molar-refractivity contribution in [3.63, 3.8) is 0 Å². The highest BCUT2D eigenvalue weighted by Gasteiger charge is 2.11. The fraction of sp³-hybridized carbons (Fsp3) is 0.250. The van der Waals surface area contributed by atoms with Crippen LogP contribution in [0, 0.1) is 0 Å². The van der Waals surface area contributed by atoms with E-state index in [9.17, 15) is 9.59 Å². The van der Waals surface area contributed by atoms with Gasteiger partial charge in [0.1, 0.15) is 5.75 Å². The monoisotopic (exact) mass is 380 g/mol. The second kappa shape index (κ2) is 8.99. The molecule has 2 rings (SSSR count). The van der Waals surface area contributed by atoms with E-state index in [0.717, 1.165) is 5.75 Å². The van der Waals surface area contributed by atoms with Crippen LogP contribution < -0.4 is 15.4 Å². The van der Waals surface area contributed by atoms with Crippen molar-refractivity contribution in [1.82, 2.24) is 10.6 Å². The highest BCUT2D eigenvalue weighted by atomic mass is 79.9. The molecule has 6 nitrogen and oxygen atoms in total. The smallest absolute Gasteiger partial charge is 0.287 e. The molecule has 2 aromatic rings. The van der Waals surface area contributed by atoms with Gasteiger partial charge in [-0.2, -0.15) is 0 Å². The molecule has 122 valence electrons. The molecule has 0 fully saturated rings. The molecule has 0 bridgehead atoms. The summed E-state index contributed by atoms with van der Waals surface area (Å²) >= 11 is 3.11. The lowest BCUT2D eigenvalue weighted by atomic mass is 10.3. The van der Waals surface area contributed by atoms with Crippen LogP contribution in [0.5, 0.6) is 5.75 Å². The van der Waals surface area contributed by atoms with Gasteiger partial charge in [0.05, 0.1) is 13.2 Å². The number of hydrogen-bond acceptors (Lipinski definition) is 4. The first kappa shape index (κ1) is 17.1. The zero-order valence-electron chi connectivity index (χ0n) is 12.4. The molecule has 0 aliphatic heterocycles. The highest BCUT2D eigenvalue weighted by Crippen LogP contribution is 2.13. The number of amides is 2. The molecule has 1 heterocycles. The summed E-state index contributed by atoms with van der Waals surface area (Å²) in [5, 5.41) is 5.19. The van der Waals surface area contributed by atoms with Gasteiger partial charge >= 0.3 is 0 Å². The molecule has 1 aromatic carbocycles. The van der Waals surface area contributed by atoms with Crippen molar-refractivity contribution in [2.24, 2.45) is 0 Å². The Labute approximate surface area is 142 Å². The largest absolute Gasteiger partial charge is 0.494 e. The number of ether oxygens (including phenoxy) is 1. The van der Waals surface area contributed by atoms with Crippen LogP contribution in [-0.4, -0.2) is 31.5 Å². The maximum absolute atomic E-state index is 11.7. The maximum atomic E-state index is 11.7. The number of carbonyl (C=O) groups is 2. The molecule has 1 aromatic heterocycles. The molecule has 0 radical (unpaired) electrons. The van der Waals surface area contributed by atoms with Gasteiger partial charge < -0.3 is 19.8 Å². The molecule has 7 heteroatoms. The third-order valence-electron chi connectivity index (χ3n) is 2.86. The standard InChI is InChI=1S/C16H17BrN2O4/c17-14-8-7-13(23-14)16(21)19-11-15(20)18-9-4-10-22-12-5-2-1-3-6-12/h1-3,5-8H,4,9-11H2,(H,18,20)(H,19,21). The van der Waals surface area contributed by atoms with Crippen molar-refractivity contribution in [2.45, 2.75) is 6.42 Å². The lowest BCUT2D eigenvalue weighted by Crippen LogP contribution is -2.37. The average molecular weight is 381 g/mol. The summed E-state index contributed by atoms with van der Waals surface area (Å²) in [4.78, 5) is 23.3. The van der Waals surface area contributed by atoms with Gasteiger partial charge in [-0.3, -0.25) is 9.59 Å². The minimum absolute atomic E-state index is 0.101. The summed E-state index contributed by atoms with van der Waals surface area (Å²) in [6.07, 6.45) is 0.680. The van der Waals surface area contributed by atoms with Gasteiger partial charge in [0.25, 0.3) is 5.91 Å². The normalized spacial score (nSPS) is 10.1. The fourth-order valence-corrected chi connectivity index (χ4v) is 2.06. The Morgan fingerprint density at radius 2 is 1.87 bits per heavy atom. The first-order valence-electron chi connectivity index (χ1n) is 7.13. The van der Waals surface area contributed by atoms with Crippen LogP contribution in [0.15, 0.2) is 51.6 Å². The average Bonchev–Trinajstić information content (AvgIpc) is 3.00. The third kappa shape index (κ3) is 6.15. The van der Waals surface area contributed by atoms with Crippen molar-refractivity contribution in [2.75, 3.05) is 19.7 Å². The second-order valence-corrected chi connectivity index (χ2v) is 5.43. The Balaban J connectivity index is 1.56. The van der Waals surface area contributed by atoms with E-state index in [1.54, 1.807) is 6.07 Å². The summed E-state index contributed by atoms with van der Waals surface area (Å²) in [6.45, 7) is 0.890. The zero-order valence-corrected chi connectivity index (χ0v) is 14.0. The summed E-state index contributed by atoms with van der Waals surface area (Å²) in [5.74, 6) is 0.263. The summed E-state index contributed by atoms with van der Waals surface area (Å²) in [6, 6.07) is 12.6.